The summed E-state index contributed by atoms with van der Waals surface area (Å²) in [6.07, 6.45) is 5.32. The van der Waals surface area contributed by atoms with Gasteiger partial charge in [-0.25, -0.2) is 4.79 Å². The van der Waals surface area contributed by atoms with Crippen LogP contribution in [0.5, 0.6) is 0 Å². The smallest absolute Gasteiger partial charge is 0.335 e. The summed E-state index contributed by atoms with van der Waals surface area (Å²) in [5.41, 5.74) is 1.16. The molecular formula is C16H21NO4. The molecule has 1 fully saturated rings. The number of aromatic carboxylic acids is 1. The summed E-state index contributed by atoms with van der Waals surface area (Å²) in [4.78, 5) is 22.5. The fourth-order valence-electron chi connectivity index (χ4n) is 2.51. The van der Waals surface area contributed by atoms with Gasteiger partial charge in [0.2, 0.25) is 5.91 Å². The van der Waals surface area contributed by atoms with Gasteiger partial charge in [0.15, 0.2) is 0 Å². The van der Waals surface area contributed by atoms with E-state index in [-0.39, 0.29) is 24.2 Å². The van der Waals surface area contributed by atoms with Gasteiger partial charge >= 0.3 is 5.97 Å². The van der Waals surface area contributed by atoms with E-state index in [2.05, 4.69) is 5.32 Å². The van der Waals surface area contributed by atoms with Gasteiger partial charge in [-0.15, -0.1) is 0 Å². The molecule has 114 valence electrons. The summed E-state index contributed by atoms with van der Waals surface area (Å²) in [6.45, 7) is 0.593. The Morgan fingerprint density at radius 2 is 2.05 bits per heavy atom. The predicted octanol–water partition coefficient (Wildman–Crippen LogP) is 2.00. The topological polar surface area (TPSA) is 75.6 Å². The van der Waals surface area contributed by atoms with Crippen molar-refractivity contribution in [1.82, 2.24) is 5.32 Å². The summed E-state index contributed by atoms with van der Waals surface area (Å²) in [5.74, 6) is -1.05. The zero-order valence-electron chi connectivity index (χ0n) is 12.0. The van der Waals surface area contributed by atoms with Gasteiger partial charge in [0, 0.05) is 6.54 Å². The largest absolute Gasteiger partial charge is 0.478 e. The first kappa shape index (κ1) is 15.5. The molecule has 2 rings (SSSR count). The van der Waals surface area contributed by atoms with Crippen LogP contribution in [-0.4, -0.2) is 36.2 Å². The van der Waals surface area contributed by atoms with Gasteiger partial charge in [0.05, 0.1) is 11.7 Å². The summed E-state index contributed by atoms with van der Waals surface area (Å²) < 4.78 is 5.53. The molecule has 1 aromatic carbocycles. The number of ether oxygens (including phenoxy) is 1. The van der Waals surface area contributed by atoms with Crippen molar-refractivity contribution >= 4 is 11.9 Å². The highest BCUT2D eigenvalue weighted by Crippen LogP contribution is 2.20. The minimum atomic E-state index is -0.939. The van der Waals surface area contributed by atoms with E-state index < -0.39 is 5.97 Å². The molecule has 0 spiro atoms. The van der Waals surface area contributed by atoms with E-state index in [4.69, 9.17) is 9.84 Å². The first-order chi connectivity index (χ1) is 10.1. The zero-order valence-corrected chi connectivity index (χ0v) is 12.0. The summed E-state index contributed by atoms with van der Waals surface area (Å²) in [7, 11) is 0. The van der Waals surface area contributed by atoms with E-state index in [1.165, 1.54) is 12.8 Å². The Balaban J connectivity index is 1.67. The summed E-state index contributed by atoms with van der Waals surface area (Å²) in [5, 5.41) is 11.7. The number of carbonyl (C=O) groups is 2. The van der Waals surface area contributed by atoms with Gasteiger partial charge < -0.3 is 15.2 Å². The molecule has 0 saturated heterocycles. The molecule has 0 aliphatic heterocycles. The van der Waals surface area contributed by atoms with Gasteiger partial charge in [-0.3, -0.25) is 4.79 Å². The highest BCUT2D eigenvalue weighted by atomic mass is 16.5. The van der Waals surface area contributed by atoms with Crippen molar-refractivity contribution in [2.75, 3.05) is 13.2 Å². The molecule has 1 saturated carbocycles. The molecule has 0 heterocycles. The van der Waals surface area contributed by atoms with Crippen LogP contribution >= 0.6 is 0 Å². The summed E-state index contributed by atoms with van der Waals surface area (Å²) in [6, 6.07) is 6.75. The van der Waals surface area contributed by atoms with Crippen molar-refractivity contribution in [3.05, 3.63) is 35.4 Å². The molecule has 5 heteroatoms. The molecule has 1 aliphatic rings. The van der Waals surface area contributed by atoms with Crippen LogP contribution in [0.2, 0.25) is 0 Å². The number of carboxylic acid groups (broad SMARTS) is 1. The van der Waals surface area contributed by atoms with Gasteiger partial charge in [0.1, 0.15) is 6.61 Å². The molecule has 0 aromatic heterocycles. The van der Waals surface area contributed by atoms with Gasteiger partial charge in [-0.1, -0.05) is 25.0 Å². The Hall–Kier alpha value is -1.88. The number of hydrogen-bond donors (Lipinski definition) is 2. The van der Waals surface area contributed by atoms with Crippen molar-refractivity contribution in [1.29, 1.82) is 0 Å². The fourth-order valence-corrected chi connectivity index (χ4v) is 2.51. The Kier molecular flexibility index (Phi) is 5.75. The maximum Gasteiger partial charge on any atom is 0.335 e. The number of carboxylic acids is 1. The molecule has 1 aromatic rings. The van der Waals surface area contributed by atoms with E-state index in [9.17, 15) is 9.59 Å². The number of nitrogens with one attached hydrogen (secondary N) is 1. The first-order valence-corrected chi connectivity index (χ1v) is 7.35. The lowest BCUT2D eigenvalue weighted by atomic mass is 10.1. The van der Waals surface area contributed by atoms with Gasteiger partial charge in [-0.2, -0.15) is 0 Å². The average Bonchev–Trinajstić information content (AvgIpc) is 2.99. The molecule has 0 atom stereocenters. The predicted molar refractivity (Wildman–Crippen MR) is 78.3 cm³/mol. The van der Waals surface area contributed by atoms with Gasteiger partial charge in [0.25, 0.3) is 0 Å². The molecular weight excluding hydrogens is 270 g/mol. The third-order valence-corrected chi connectivity index (χ3v) is 3.66. The maximum absolute atomic E-state index is 11.6. The van der Waals surface area contributed by atoms with Crippen LogP contribution < -0.4 is 5.32 Å². The van der Waals surface area contributed by atoms with Crippen molar-refractivity contribution in [2.24, 2.45) is 0 Å². The Labute approximate surface area is 124 Å². The maximum atomic E-state index is 11.6. The minimum absolute atomic E-state index is 0.111. The number of carbonyl (C=O) groups excluding carboxylic acids is 1. The SMILES string of the molecule is O=C(COC1CCCC1)NCCc1cccc(C(=O)O)c1. The number of rotatable bonds is 7. The molecule has 1 amide bonds. The first-order valence-electron chi connectivity index (χ1n) is 7.35. The zero-order chi connectivity index (χ0) is 15.1. The van der Waals surface area contributed by atoms with Crippen molar-refractivity contribution in [3.8, 4) is 0 Å². The normalized spacial score (nSPS) is 15.0. The van der Waals surface area contributed by atoms with Crippen LogP contribution in [0.15, 0.2) is 24.3 Å². The van der Waals surface area contributed by atoms with Crippen LogP contribution in [0, 0.1) is 0 Å². The Morgan fingerprint density at radius 3 is 2.76 bits per heavy atom. The second-order valence-corrected chi connectivity index (χ2v) is 5.32. The monoisotopic (exact) mass is 291 g/mol. The van der Waals surface area contributed by atoms with E-state index in [0.29, 0.717) is 13.0 Å². The number of amides is 1. The van der Waals surface area contributed by atoms with Crippen LogP contribution in [-0.2, 0) is 16.0 Å². The van der Waals surface area contributed by atoms with E-state index >= 15 is 0 Å². The van der Waals surface area contributed by atoms with Crippen molar-refractivity contribution in [3.63, 3.8) is 0 Å². The highest BCUT2D eigenvalue weighted by Gasteiger charge is 2.16. The molecule has 2 N–H and O–H groups in total. The van der Waals surface area contributed by atoms with Crippen LogP contribution in [0.4, 0.5) is 0 Å². The number of hydrogen-bond acceptors (Lipinski definition) is 3. The Bertz CT molecular complexity index is 495. The molecule has 0 bridgehead atoms. The van der Waals surface area contributed by atoms with E-state index in [0.717, 1.165) is 18.4 Å². The van der Waals surface area contributed by atoms with Crippen LogP contribution in [0.3, 0.4) is 0 Å². The molecule has 0 radical (unpaired) electrons. The Morgan fingerprint density at radius 1 is 1.29 bits per heavy atom. The van der Waals surface area contributed by atoms with Crippen molar-refractivity contribution in [2.45, 2.75) is 38.2 Å². The van der Waals surface area contributed by atoms with E-state index in [1.54, 1.807) is 18.2 Å². The quantitative estimate of drug-likeness (QED) is 0.805. The fraction of sp³-hybridized carbons (Fsp3) is 0.500. The number of benzene rings is 1. The standard InChI is InChI=1S/C16H21NO4/c18-15(11-21-14-6-1-2-7-14)17-9-8-12-4-3-5-13(10-12)16(19)20/h3-5,10,14H,1-2,6-9,11H2,(H,17,18)(H,19,20). The lowest BCUT2D eigenvalue weighted by molar-refractivity contribution is -0.127. The molecule has 5 nitrogen and oxygen atoms in total. The average molecular weight is 291 g/mol. The molecule has 21 heavy (non-hydrogen) atoms. The van der Waals surface area contributed by atoms with Crippen LogP contribution in [0.25, 0.3) is 0 Å². The summed E-state index contributed by atoms with van der Waals surface area (Å²) >= 11 is 0. The molecule has 1 aliphatic carbocycles. The minimum Gasteiger partial charge on any atom is -0.478 e. The lowest BCUT2D eigenvalue weighted by Gasteiger charge is -2.11. The van der Waals surface area contributed by atoms with Gasteiger partial charge in [-0.05, 0) is 37.0 Å². The third-order valence-electron chi connectivity index (χ3n) is 3.66. The lowest BCUT2D eigenvalue weighted by Crippen LogP contribution is -2.30. The van der Waals surface area contributed by atoms with Crippen molar-refractivity contribution < 1.29 is 19.4 Å². The second kappa shape index (κ2) is 7.78. The van der Waals surface area contributed by atoms with E-state index in [1.807, 2.05) is 6.07 Å². The second-order valence-electron chi connectivity index (χ2n) is 5.32. The van der Waals surface area contributed by atoms with Crippen LogP contribution in [0.1, 0.15) is 41.6 Å². The highest BCUT2D eigenvalue weighted by molar-refractivity contribution is 5.87. The molecule has 0 unspecified atom stereocenters. The third kappa shape index (κ3) is 5.19.